The summed E-state index contributed by atoms with van der Waals surface area (Å²) in [6.45, 7) is 17.4. The van der Waals surface area contributed by atoms with Gasteiger partial charge in [-0.1, -0.05) is 76.7 Å². The van der Waals surface area contributed by atoms with Crippen LogP contribution in [0.1, 0.15) is 46.2 Å². The van der Waals surface area contributed by atoms with Gasteiger partial charge < -0.3 is 9.16 Å². The monoisotopic (exact) mass is 461 g/mol. The highest BCUT2D eigenvalue weighted by Gasteiger charge is 2.40. The molecule has 174 valence electrons. The Kier molecular flexibility index (Phi) is 11.2. The minimum absolute atomic E-state index is 0.0482. The van der Waals surface area contributed by atoms with Gasteiger partial charge in [0.1, 0.15) is 14.0 Å². The van der Waals surface area contributed by atoms with E-state index >= 15 is 0 Å². The zero-order chi connectivity index (χ0) is 23.7. The molecule has 0 fully saturated rings. The molecule has 31 heavy (non-hydrogen) atoms. The third-order valence-electron chi connectivity index (χ3n) is 6.04. The minimum atomic E-state index is -1.89. The number of nitrogens with one attached hydrogen (secondary N) is 1. The normalized spacial score (nSPS) is 15.9. The van der Waals surface area contributed by atoms with Gasteiger partial charge in [0.05, 0.1) is 19.3 Å². The third kappa shape index (κ3) is 8.57. The largest absolute Gasteiger partial charge is 0.469 e. The van der Waals surface area contributed by atoms with Gasteiger partial charge >= 0.3 is 5.97 Å². The Hall–Kier alpha value is -1.40. The van der Waals surface area contributed by atoms with Crippen LogP contribution in [0.25, 0.3) is 0 Å². The van der Waals surface area contributed by atoms with Crippen LogP contribution >= 0.6 is 0 Å². The van der Waals surface area contributed by atoms with Crippen molar-refractivity contribution in [3.8, 4) is 11.5 Å². The standard InChI is InChI=1S/C25H43NO3Si2/c1-10-31(11-2,12-3)29-21(5)24(25(27)28-6)23(18-19-30(7,8)9)26-20(4)22-16-14-13-15-17-22/h13-17,20-21,23-24,26H,10-12H2,1-9H3/t20-,21+,23-,24+/m0/s1. The topological polar surface area (TPSA) is 47.6 Å². The lowest BCUT2D eigenvalue weighted by Gasteiger charge is -2.37. The molecule has 0 saturated heterocycles. The number of ether oxygens (including phenoxy) is 1. The summed E-state index contributed by atoms with van der Waals surface area (Å²) < 4.78 is 12.0. The molecule has 0 radical (unpaired) electrons. The van der Waals surface area contributed by atoms with Gasteiger partial charge in [-0.25, -0.2) is 0 Å². The van der Waals surface area contributed by atoms with Crippen LogP contribution in [0, 0.1) is 17.4 Å². The van der Waals surface area contributed by atoms with Crippen molar-refractivity contribution < 1.29 is 14.0 Å². The maximum Gasteiger partial charge on any atom is 0.313 e. The fourth-order valence-corrected chi connectivity index (χ4v) is 7.36. The van der Waals surface area contributed by atoms with E-state index in [9.17, 15) is 4.79 Å². The lowest BCUT2D eigenvalue weighted by molar-refractivity contribution is -0.149. The summed E-state index contributed by atoms with van der Waals surface area (Å²) in [5.41, 5.74) is 4.64. The quantitative estimate of drug-likeness (QED) is 0.257. The molecule has 0 amide bonds. The molecule has 1 aromatic carbocycles. The maximum atomic E-state index is 13.0. The second kappa shape index (κ2) is 12.6. The number of methoxy groups -OCH3 is 1. The van der Waals surface area contributed by atoms with Crippen molar-refractivity contribution in [3.05, 3.63) is 35.9 Å². The fraction of sp³-hybridized carbons (Fsp3) is 0.640. The zero-order valence-corrected chi connectivity index (χ0v) is 23.0. The molecule has 0 heterocycles. The summed E-state index contributed by atoms with van der Waals surface area (Å²) in [6, 6.07) is 13.1. The van der Waals surface area contributed by atoms with E-state index < -0.39 is 22.3 Å². The summed E-state index contributed by atoms with van der Waals surface area (Å²) >= 11 is 0. The summed E-state index contributed by atoms with van der Waals surface area (Å²) in [5.74, 6) is 2.68. The first-order valence-electron chi connectivity index (χ1n) is 11.6. The van der Waals surface area contributed by atoms with Crippen LogP contribution < -0.4 is 5.32 Å². The first-order valence-corrected chi connectivity index (χ1v) is 17.6. The molecule has 0 aliphatic rings. The first kappa shape index (κ1) is 27.6. The molecule has 0 aliphatic heterocycles. The summed E-state index contributed by atoms with van der Waals surface area (Å²) in [5, 5.41) is 3.63. The number of esters is 1. The number of hydrogen-bond donors (Lipinski definition) is 1. The van der Waals surface area contributed by atoms with Crippen LogP contribution in [0.4, 0.5) is 0 Å². The van der Waals surface area contributed by atoms with E-state index in [1.807, 2.05) is 25.1 Å². The van der Waals surface area contributed by atoms with Gasteiger partial charge in [0.25, 0.3) is 0 Å². The van der Waals surface area contributed by atoms with Crippen LogP contribution in [0.2, 0.25) is 37.8 Å². The molecule has 6 heteroatoms. The molecule has 4 atom stereocenters. The van der Waals surface area contributed by atoms with Gasteiger partial charge in [0.15, 0.2) is 8.32 Å². The third-order valence-corrected chi connectivity index (χ3v) is 11.7. The number of hydrogen-bond acceptors (Lipinski definition) is 4. The molecular formula is C25H43NO3Si2. The minimum Gasteiger partial charge on any atom is -0.469 e. The van der Waals surface area contributed by atoms with Crippen molar-refractivity contribution in [2.45, 2.75) is 90.6 Å². The number of carbonyl (C=O) groups is 1. The van der Waals surface area contributed by atoms with E-state index in [1.165, 1.54) is 12.7 Å². The lowest BCUT2D eigenvalue weighted by atomic mass is 9.93. The van der Waals surface area contributed by atoms with Crippen molar-refractivity contribution >= 4 is 22.4 Å². The van der Waals surface area contributed by atoms with E-state index in [1.54, 1.807) is 0 Å². The number of carbonyl (C=O) groups excluding carboxylic acids is 1. The van der Waals surface area contributed by atoms with Crippen LogP contribution in [0.5, 0.6) is 0 Å². The Bertz CT molecular complexity index is 724. The first-order chi connectivity index (χ1) is 14.5. The van der Waals surface area contributed by atoms with E-state index in [-0.39, 0.29) is 24.2 Å². The Morgan fingerprint density at radius 2 is 1.58 bits per heavy atom. The average molecular weight is 462 g/mol. The zero-order valence-electron chi connectivity index (χ0n) is 21.0. The van der Waals surface area contributed by atoms with E-state index in [0.29, 0.717) is 0 Å². The Morgan fingerprint density at radius 3 is 2.03 bits per heavy atom. The van der Waals surface area contributed by atoms with Crippen molar-refractivity contribution in [2.24, 2.45) is 5.92 Å². The smallest absolute Gasteiger partial charge is 0.313 e. The number of benzene rings is 1. The van der Waals surface area contributed by atoms with Gasteiger partial charge in [-0.15, -0.1) is 5.54 Å². The Labute approximate surface area is 192 Å². The summed E-state index contributed by atoms with van der Waals surface area (Å²) in [7, 11) is -2.06. The van der Waals surface area contributed by atoms with Crippen LogP contribution in [0.15, 0.2) is 30.3 Å². The highest BCUT2D eigenvalue weighted by atomic mass is 28.4. The van der Waals surface area contributed by atoms with Crippen LogP contribution in [-0.4, -0.2) is 41.6 Å². The second-order valence-corrected chi connectivity index (χ2v) is 18.9. The number of rotatable bonds is 11. The van der Waals surface area contributed by atoms with Gasteiger partial charge in [-0.05, 0) is 37.5 Å². The van der Waals surface area contributed by atoms with Crippen molar-refractivity contribution in [3.63, 3.8) is 0 Å². The van der Waals surface area contributed by atoms with Crippen molar-refractivity contribution in [2.75, 3.05) is 7.11 Å². The highest BCUT2D eigenvalue weighted by molar-refractivity contribution is 6.83. The van der Waals surface area contributed by atoms with Crippen LogP contribution in [-0.2, 0) is 14.0 Å². The molecule has 0 aliphatic carbocycles. The second-order valence-electron chi connectivity index (χ2n) is 9.41. The van der Waals surface area contributed by atoms with Gasteiger partial charge in [-0.2, -0.15) is 0 Å². The molecule has 1 aromatic rings. The summed E-state index contributed by atoms with van der Waals surface area (Å²) in [6.07, 6.45) is -0.268. The Balaban J connectivity index is 3.34. The predicted molar refractivity (Wildman–Crippen MR) is 136 cm³/mol. The predicted octanol–water partition coefficient (Wildman–Crippen LogP) is 5.79. The maximum absolute atomic E-state index is 13.0. The molecule has 0 spiro atoms. The molecule has 1 N–H and O–H groups in total. The lowest BCUT2D eigenvalue weighted by Crippen LogP contribution is -2.50. The molecule has 0 bridgehead atoms. The molecule has 0 saturated carbocycles. The van der Waals surface area contributed by atoms with Gasteiger partial charge in [-0.3, -0.25) is 10.1 Å². The van der Waals surface area contributed by atoms with Crippen molar-refractivity contribution in [1.82, 2.24) is 5.32 Å². The van der Waals surface area contributed by atoms with E-state index in [4.69, 9.17) is 9.16 Å². The molecule has 1 rings (SSSR count). The average Bonchev–Trinajstić information content (AvgIpc) is 2.75. The van der Waals surface area contributed by atoms with E-state index in [2.05, 4.69) is 76.2 Å². The molecule has 4 nitrogen and oxygen atoms in total. The SMILES string of the molecule is CC[Si](CC)(CC)O[C@H](C)[C@@H](C(=O)OC)[C@H](C#C[Si](C)(C)C)N[C@@H](C)c1ccccc1. The summed E-state index contributed by atoms with van der Waals surface area (Å²) in [4.78, 5) is 13.0. The fourth-order valence-electron chi connectivity index (χ4n) is 3.84. The van der Waals surface area contributed by atoms with Crippen LogP contribution in [0.3, 0.4) is 0 Å². The van der Waals surface area contributed by atoms with Gasteiger partial charge in [0, 0.05) is 6.04 Å². The van der Waals surface area contributed by atoms with Gasteiger partial charge in [0.2, 0.25) is 0 Å². The molecular weight excluding hydrogens is 418 g/mol. The van der Waals surface area contributed by atoms with Crippen molar-refractivity contribution in [1.29, 1.82) is 0 Å². The molecule has 0 unspecified atom stereocenters. The highest BCUT2D eigenvalue weighted by Crippen LogP contribution is 2.28. The molecule has 0 aromatic heterocycles. The van der Waals surface area contributed by atoms with E-state index in [0.717, 1.165) is 18.1 Å². The Morgan fingerprint density at radius 1 is 1.03 bits per heavy atom.